The number of carbonyl (C=O) groups excluding carboxylic acids is 1. The number of nitrogens with zero attached hydrogens (tertiary/aromatic N) is 5. The van der Waals surface area contributed by atoms with Crippen LogP contribution in [0.3, 0.4) is 0 Å². The van der Waals surface area contributed by atoms with Crippen molar-refractivity contribution >= 4 is 5.91 Å². The van der Waals surface area contributed by atoms with Crippen molar-refractivity contribution in [2.75, 3.05) is 6.54 Å². The van der Waals surface area contributed by atoms with Crippen LogP contribution < -0.4 is 0 Å². The number of amides is 1. The lowest BCUT2D eigenvalue weighted by molar-refractivity contribution is -0.147. The highest BCUT2D eigenvalue weighted by atomic mass is 16.2. The molecule has 6 nitrogen and oxygen atoms in total. The van der Waals surface area contributed by atoms with Crippen molar-refractivity contribution < 1.29 is 4.79 Å². The molecule has 3 aliphatic rings. The van der Waals surface area contributed by atoms with E-state index in [0.29, 0.717) is 6.04 Å². The molecule has 4 rings (SSSR count). The van der Waals surface area contributed by atoms with E-state index in [1.54, 1.807) is 0 Å². The maximum absolute atomic E-state index is 12.2. The number of hydrogen-bond acceptors (Lipinski definition) is 4. The van der Waals surface area contributed by atoms with Crippen molar-refractivity contribution in [3.05, 3.63) is 6.33 Å². The molecule has 1 amide bonds. The molecule has 2 atom stereocenters. The van der Waals surface area contributed by atoms with Crippen LogP contribution in [0, 0.1) is 17.8 Å². The smallest absolute Gasteiger partial charge is 0.244 e. The van der Waals surface area contributed by atoms with E-state index in [1.165, 1.54) is 36.7 Å². The second kappa shape index (κ2) is 3.76. The maximum atomic E-state index is 12.2. The second-order valence-electron chi connectivity index (χ2n) is 5.88. The summed E-state index contributed by atoms with van der Waals surface area (Å²) in [5.74, 6) is 2.65. The molecule has 1 aromatic rings. The number of hydrogen-bond donors (Lipinski definition) is 0. The quantitative estimate of drug-likeness (QED) is 0.768. The molecule has 3 fully saturated rings. The van der Waals surface area contributed by atoms with Gasteiger partial charge in [0.25, 0.3) is 0 Å². The van der Waals surface area contributed by atoms with Crippen LogP contribution in [0.4, 0.5) is 0 Å². The van der Waals surface area contributed by atoms with Gasteiger partial charge in [0, 0.05) is 18.5 Å². The van der Waals surface area contributed by atoms with Crippen molar-refractivity contribution in [1.82, 2.24) is 25.1 Å². The minimum atomic E-state index is 0.177. The van der Waals surface area contributed by atoms with Crippen LogP contribution in [0.25, 0.3) is 0 Å². The van der Waals surface area contributed by atoms with Gasteiger partial charge in [0.05, 0.1) is 0 Å². The number of likely N-dealkylation sites (tertiary alicyclic amines) is 1. The van der Waals surface area contributed by atoms with Gasteiger partial charge in [0.2, 0.25) is 5.91 Å². The van der Waals surface area contributed by atoms with Gasteiger partial charge in [-0.25, -0.2) is 4.68 Å². The first kappa shape index (κ1) is 10.5. The molecule has 0 radical (unpaired) electrons. The van der Waals surface area contributed by atoms with E-state index >= 15 is 0 Å². The molecular weight excluding hydrogens is 230 g/mol. The number of tetrazole rings is 1. The molecule has 18 heavy (non-hydrogen) atoms. The van der Waals surface area contributed by atoms with Crippen molar-refractivity contribution in [2.24, 2.45) is 17.8 Å². The standard InChI is InChI=1S/C12H17N5O/c18-11(6-16-7-13-14-15-16)17-5-10(8-1-2-8)12(17)9-3-4-9/h7-10,12H,1-6H2. The first-order valence-corrected chi connectivity index (χ1v) is 6.83. The fourth-order valence-electron chi connectivity index (χ4n) is 3.29. The Labute approximate surface area is 105 Å². The van der Waals surface area contributed by atoms with Crippen LogP contribution in [-0.2, 0) is 11.3 Å². The summed E-state index contributed by atoms with van der Waals surface area (Å²) in [6.07, 6.45) is 6.87. The lowest BCUT2D eigenvalue weighted by atomic mass is 9.81. The van der Waals surface area contributed by atoms with E-state index in [9.17, 15) is 4.79 Å². The van der Waals surface area contributed by atoms with Gasteiger partial charge in [-0.15, -0.1) is 5.10 Å². The molecule has 0 N–H and O–H groups in total. The highest BCUT2D eigenvalue weighted by molar-refractivity contribution is 5.77. The molecule has 1 aliphatic heterocycles. The number of carbonyl (C=O) groups is 1. The largest absolute Gasteiger partial charge is 0.337 e. The van der Waals surface area contributed by atoms with Crippen LogP contribution in [0.5, 0.6) is 0 Å². The molecule has 2 unspecified atom stereocenters. The maximum Gasteiger partial charge on any atom is 0.244 e. The second-order valence-corrected chi connectivity index (χ2v) is 5.88. The van der Waals surface area contributed by atoms with Crippen LogP contribution in [0.1, 0.15) is 25.7 Å². The van der Waals surface area contributed by atoms with Crippen LogP contribution in [0.15, 0.2) is 6.33 Å². The Morgan fingerprint density at radius 2 is 2.00 bits per heavy atom. The van der Waals surface area contributed by atoms with Crippen molar-refractivity contribution in [3.8, 4) is 0 Å². The van der Waals surface area contributed by atoms with E-state index < -0.39 is 0 Å². The monoisotopic (exact) mass is 247 g/mol. The number of rotatable bonds is 4. The summed E-state index contributed by atoms with van der Waals surface area (Å²) in [6.45, 7) is 1.25. The van der Waals surface area contributed by atoms with Gasteiger partial charge in [-0.1, -0.05) is 0 Å². The van der Waals surface area contributed by atoms with Crippen LogP contribution >= 0.6 is 0 Å². The molecule has 96 valence electrons. The third-order valence-electron chi connectivity index (χ3n) is 4.55. The Hall–Kier alpha value is -1.46. The average Bonchev–Trinajstić information content (AvgIpc) is 3.21. The Kier molecular flexibility index (Phi) is 2.19. The van der Waals surface area contributed by atoms with E-state index in [-0.39, 0.29) is 12.5 Å². The van der Waals surface area contributed by atoms with Crippen molar-refractivity contribution in [3.63, 3.8) is 0 Å². The highest BCUT2D eigenvalue weighted by Gasteiger charge is 2.54. The Morgan fingerprint density at radius 3 is 2.61 bits per heavy atom. The van der Waals surface area contributed by atoms with Gasteiger partial charge in [-0.05, 0) is 47.9 Å². The lowest BCUT2D eigenvalue weighted by Gasteiger charge is -2.49. The van der Waals surface area contributed by atoms with E-state index in [2.05, 4.69) is 20.4 Å². The lowest BCUT2D eigenvalue weighted by Crippen LogP contribution is -2.61. The molecule has 0 aromatic carbocycles. The summed E-state index contributed by atoms with van der Waals surface area (Å²) in [4.78, 5) is 14.3. The Balaban J connectivity index is 1.43. The molecule has 2 aliphatic carbocycles. The normalized spacial score (nSPS) is 31.2. The average molecular weight is 247 g/mol. The molecule has 1 aromatic heterocycles. The van der Waals surface area contributed by atoms with Gasteiger partial charge < -0.3 is 4.90 Å². The summed E-state index contributed by atoms with van der Waals surface area (Å²) in [7, 11) is 0. The van der Waals surface area contributed by atoms with Crippen molar-refractivity contribution in [2.45, 2.75) is 38.3 Å². The van der Waals surface area contributed by atoms with E-state index in [0.717, 1.165) is 24.3 Å². The predicted octanol–water partition coefficient (Wildman–Crippen LogP) is 0.320. The zero-order valence-corrected chi connectivity index (χ0v) is 10.3. The zero-order valence-electron chi connectivity index (χ0n) is 10.3. The fourth-order valence-corrected chi connectivity index (χ4v) is 3.29. The summed E-state index contributed by atoms with van der Waals surface area (Å²) in [5.41, 5.74) is 0. The molecule has 2 heterocycles. The predicted molar refractivity (Wildman–Crippen MR) is 62.3 cm³/mol. The van der Waals surface area contributed by atoms with E-state index in [4.69, 9.17) is 0 Å². The van der Waals surface area contributed by atoms with Gasteiger partial charge in [-0.2, -0.15) is 0 Å². The van der Waals surface area contributed by atoms with E-state index in [1.807, 2.05) is 0 Å². The minimum absolute atomic E-state index is 0.177. The first-order chi connectivity index (χ1) is 8.83. The molecule has 2 saturated carbocycles. The third kappa shape index (κ3) is 1.71. The fraction of sp³-hybridized carbons (Fsp3) is 0.833. The molecule has 0 spiro atoms. The van der Waals surface area contributed by atoms with Crippen LogP contribution in [-0.4, -0.2) is 43.6 Å². The van der Waals surface area contributed by atoms with Gasteiger partial charge in [0.1, 0.15) is 12.9 Å². The minimum Gasteiger partial charge on any atom is -0.337 e. The Bertz CT molecular complexity index is 451. The molecular formula is C12H17N5O. The highest BCUT2D eigenvalue weighted by Crippen LogP contribution is 2.52. The summed E-state index contributed by atoms with van der Waals surface area (Å²) < 4.78 is 1.51. The van der Waals surface area contributed by atoms with Crippen LogP contribution in [0.2, 0.25) is 0 Å². The first-order valence-electron chi connectivity index (χ1n) is 6.83. The topological polar surface area (TPSA) is 63.9 Å². The van der Waals surface area contributed by atoms with Gasteiger partial charge >= 0.3 is 0 Å². The Morgan fingerprint density at radius 1 is 1.22 bits per heavy atom. The molecule has 0 bridgehead atoms. The summed E-state index contributed by atoms with van der Waals surface area (Å²) >= 11 is 0. The summed E-state index contributed by atoms with van der Waals surface area (Å²) in [6, 6.07) is 0.529. The zero-order chi connectivity index (χ0) is 12.1. The molecule has 6 heteroatoms. The molecule has 1 saturated heterocycles. The van der Waals surface area contributed by atoms with Crippen molar-refractivity contribution in [1.29, 1.82) is 0 Å². The third-order valence-corrected chi connectivity index (χ3v) is 4.55. The SMILES string of the molecule is O=C(Cn1cnnn1)N1CC(C2CC2)C1C1CC1. The van der Waals surface area contributed by atoms with Gasteiger partial charge in [0.15, 0.2) is 0 Å². The van der Waals surface area contributed by atoms with Gasteiger partial charge in [-0.3, -0.25) is 4.79 Å². The summed E-state index contributed by atoms with van der Waals surface area (Å²) in [5, 5.41) is 10.9. The number of aromatic nitrogens is 4.